The van der Waals surface area contributed by atoms with Crippen LogP contribution in [0.25, 0.3) is 91.1 Å². The molecule has 2 heteroatoms. The average molecular weight is 707 g/mol. The monoisotopic (exact) mass is 706 g/mol. The number of thiophene rings is 1. The molecule has 3 aliphatic carbocycles. The molecule has 254 valence electrons. The highest BCUT2D eigenvalue weighted by Gasteiger charge is 2.25. The maximum absolute atomic E-state index is 6.71. The molecule has 0 spiro atoms. The average Bonchev–Trinajstić information content (AvgIpc) is 3.79. The van der Waals surface area contributed by atoms with Gasteiger partial charge in [0.15, 0.2) is 0 Å². The number of rotatable bonds is 3. The van der Waals surface area contributed by atoms with Crippen molar-refractivity contribution in [1.82, 2.24) is 0 Å². The third-order valence-corrected chi connectivity index (χ3v) is 13.2. The van der Waals surface area contributed by atoms with Crippen LogP contribution in [0.1, 0.15) is 24.8 Å². The zero-order chi connectivity index (χ0) is 35.3. The van der Waals surface area contributed by atoms with Crippen LogP contribution in [0, 0.1) is 5.92 Å². The quantitative estimate of drug-likeness (QED) is 0.167. The molecule has 0 saturated carbocycles. The maximum atomic E-state index is 6.71. The standard InChI is InChI=1S/C52H34OS/c1-2-10-31(11-3-1)32-18-19-34-27-36(21-20-33(34)26-32)50-39-13-4-6-15-41(39)51(42-16-7-5-14-40(42)50)37-23-25-47-45(29-37)43-24-22-35-28-46-38-12-8-9-17-48(38)54-49(46)30-44(35)52(43)53-47/h1-2,4-10,12-26,28-30,34H,3,11,27H2. The minimum atomic E-state index is 0.383. The molecule has 0 saturated heterocycles. The number of allylic oxidation sites excluding steroid dienone is 12. The van der Waals surface area contributed by atoms with Crippen molar-refractivity contribution < 1.29 is 4.42 Å². The molecule has 12 rings (SSSR count). The summed E-state index contributed by atoms with van der Waals surface area (Å²) in [5.74, 6) is 0.383. The normalized spacial score (nSPS) is 17.1. The number of hydrogen-bond acceptors (Lipinski definition) is 2. The number of hydrogen-bond donors (Lipinski definition) is 0. The predicted octanol–water partition coefficient (Wildman–Crippen LogP) is 15.2. The fraction of sp³-hybridized carbons (Fsp3) is 0.0769. The Morgan fingerprint density at radius 1 is 0.574 bits per heavy atom. The lowest BCUT2D eigenvalue weighted by molar-refractivity contribution is 0.673. The van der Waals surface area contributed by atoms with Gasteiger partial charge in [0.05, 0.1) is 0 Å². The summed E-state index contributed by atoms with van der Waals surface area (Å²) in [4.78, 5) is 0. The molecule has 0 N–H and O–H groups in total. The van der Waals surface area contributed by atoms with Gasteiger partial charge >= 0.3 is 0 Å². The molecule has 1 unspecified atom stereocenters. The Balaban J connectivity index is 1.02. The van der Waals surface area contributed by atoms with Gasteiger partial charge in [-0.05, 0) is 122 Å². The van der Waals surface area contributed by atoms with E-state index in [4.69, 9.17) is 4.42 Å². The molecule has 1 atom stereocenters. The van der Waals surface area contributed by atoms with E-state index in [0.29, 0.717) is 5.92 Å². The number of furan rings is 1. The predicted molar refractivity (Wildman–Crippen MR) is 232 cm³/mol. The van der Waals surface area contributed by atoms with Crippen LogP contribution in [-0.2, 0) is 0 Å². The summed E-state index contributed by atoms with van der Waals surface area (Å²) in [6, 6.07) is 42.8. The summed E-state index contributed by atoms with van der Waals surface area (Å²) in [6.07, 6.45) is 22.0. The molecule has 54 heavy (non-hydrogen) atoms. The zero-order valence-corrected chi connectivity index (χ0v) is 30.4. The fourth-order valence-corrected chi connectivity index (χ4v) is 10.6. The van der Waals surface area contributed by atoms with E-state index in [1.165, 1.54) is 91.5 Å². The van der Waals surface area contributed by atoms with Gasteiger partial charge in [0.2, 0.25) is 0 Å². The summed E-state index contributed by atoms with van der Waals surface area (Å²) in [6.45, 7) is 0. The van der Waals surface area contributed by atoms with E-state index in [1.54, 1.807) is 0 Å². The largest absolute Gasteiger partial charge is 0.455 e. The summed E-state index contributed by atoms with van der Waals surface area (Å²) in [5.41, 5.74) is 11.4. The zero-order valence-electron chi connectivity index (χ0n) is 29.6. The molecule has 9 aromatic rings. The van der Waals surface area contributed by atoms with Gasteiger partial charge in [-0.3, -0.25) is 0 Å². The highest BCUT2D eigenvalue weighted by atomic mass is 32.1. The smallest absolute Gasteiger partial charge is 0.143 e. The fourth-order valence-electron chi connectivity index (χ4n) is 9.47. The lowest BCUT2D eigenvalue weighted by Crippen LogP contribution is -2.10. The van der Waals surface area contributed by atoms with Gasteiger partial charge in [0.25, 0.3) is 0 Å². The molecule has 0 radical (unpaired) electrons. The lowest BCUT2D eigenvalue weighted by Gasteiger charge is -2.27. The summed E-state index contributed by atoms with van der Waals surface area (Å²) in [5, 5.41) is 12.5. The summed E-state index contributed by atoms with van der Waals surface area (Å²) >= 11 is 1.86. The van der Waals surface area contributed by atoms with Crippen molar-refractivity contribution in [3.8, 4) is 11.1 Å². The first-order valence-electron chi connectivity index (χ1n) is 19.1. The maximum Gasteiger partial charge on any atom is 0.143 e. The van der Waals surface area contributed by atoms with Crippen LogP contribution in [0.4, 0.5) is 0 Å². The van der Waals surface area contributed by atoms with Crippen LogP contribution in [0.5, 0.6) is 0 Å². The summed E-state index contributed by atoms with van der Waals surface area (Å²) < 4.78 is 9.33. The van der Waals surface area contributed by atoms with Crippen LogP contribution in [-0.4, -0.2) is 0 Å². The third kappa shape index (κ3) is 4.50. The Hall–Kier alpha value is -6.22. The molecule has 2 heterocycles. The highest BCUT2D eigenvalue weighted by Crippen LogP contribution is 2.47. The lowest BCUT2D eigenvalue weighted by atomic mass is 9.77. The first kappa shape index (κ1) is 30.3. The van der Waals surface area contributed by atoms with E-state index in [-0.39, 0.29) is 0 Å². The van der Waals surface area contributed by atoms with Crippen molar-refractivity contribution in [2.45, 2.75) is 19.3 Å². The van der Waals surface area contributed by atoms with E-state index in [1.807, 2.05) is 11.3 Å². The molecule has 0 bridgehead atoms. The van der Waals surface area contributed by atoms with E-state index >= 15 is 0 Å². The van der Waals surface area contributed by atoms with Gasteiger partial charge in [-0.2, -0.15) is 0 Å². The van der Waals surface area contributed by atoms with Gasteiger partial charge in [-0.15, -0.1) is 11.3 Å². The number of fused-ring (bicyclic) bond motifs is 11. The molecule has 7 aromatic carbocycles. The molecular formula is C52H34OS. The van der Waals surface area contributed by atoms with Crippen LogP contribution >= 0.6 is 11.3 Å². The van der Waals surface area contributed by atoms with Gasteiger partial charge in [0, 0.05) is 42.2 Å². The van der Waals surface area contributed by atoms with E-state index < -0.39 is 0 Å². The molecule has 0 fully saturated rings. The van der Waals surface area contributed by atoms with Crippen molar-refractivity contribution in [3.63, 3.8) is 0 Å². The molecule has 3 aliphatic rings. The Kier molecular flexibility index (Phi) is 6.52. The Morgan fingerprint density at radius 3 is 2.15 bits per heavy atom. The van der Waals surface area contributed by atoms with Crippen molar-refractivity contribution in [2.75, 3.05) is 0 Å². The Morgan fingerprint density at radius 2 is 1.35 bits per heavy atom. The second-order valence-corrected chi connectivity index (χ2v) is 16.1. The van der Waals surface area contributed by atoms with E-state index in [9.17, 15) is 0 Å². The van der Waals surface area contributed by atoms with Crippen molar-refractivity contribution in [1.29, 1.82) is 0 Å². The molecule has 0 amide bonds. The minimum Gasteiger partial charge on any atom is -0.455 e. The van der Waals surface area contributed by atoms with Crippen LogP contribution in [0.3, 0.4) is 0 Å². The van der Waals surface area contributed by atoms with Gasteiger partial charge in [-0.25, -0.2) is 0 Å². The van der Waals surface area contributed by atoms with E-state index in [2.05, 4.69) is 164 Å². The SMILES string of the molecule is C1=CCCC(C2=CC3=CC=C(c4c5ccccc5c(-c5ccc6oc7c8cc9sc%10ccccc%10c9cc8ccc7c6c5)c5ccccc45)CC3C=C2)=C1. The second kappa shape index (κ2) is 11.6. The minimum absolute atomic E-state index is 0.383. The number of benzene rings is 7. The van der Waals surface area contributed by atoms with Crippen molar-refractivity contribution >= 4 is 91.3 Å². The van der Waals surface area contributed by atoms with Crippen LogP contribution < -0.4 is 0 Å². The van der Waals surface area contributed by atoms with Crippen molar-refractivity contribution in [3.05, 3.63) is 186 Å². The second-order valence-electron chi connectivity index (χ2n) is 15.1. The summed E-state index contributed by atoms with van der Waals surface area (Å²) in [7, 11) is 0. The molecule has 1 nitrogen and oxygen atoms in total. The topological polar surface area (TPSA) is 13.1 Å². The van der Waals surface area contributed by atoms with Crippen molar-refractivity contribution in [2.24, 2.45) is 5.92 Å². The Labute approximate surface area is 316 Å². The van der Waals surface area contributed by atoms with Crippen LogP contribution in [0.15, 0.2) is 185 Å². The van der Waals surface area contributed by atoms with Gasteiger partial charge in [-0.1, -0.05) is 127 Å². The van der Waals surface area contributed by atoms with Gasteiger partial charge in [0.1, 0.15) is 11.2 Å². The first-order valence-corrected chi connectivity index (χ1v) is 19.9. The third-order valence-electron chi connectivity index (χ3n) is 12.1. The molecular weight excluding hydrogens is 673 g/mol. The van der Waals surface area contributed by atoms with Gasteiger partial charge < -0.3 is 4.42 Å². The Bertz CT molecular complexity index is 3240. The molecule has 2 aromatic heterocycles. The van der Waals surface area contributed by atoms with E-state index in [0.717, 1.165) is 41.2 Å². The molecule has 0 aliphatic heterocycles. The first-order chi connectivity index (χ1) is 26.7. The van der Waals surface area contributed by atoms with Crippen LogP contribution in [0.2, 0.25) is 0 Å². The highest BCUT2D eigenvalue weighted by molar-refractivity contribution is 7.25.